The standard InChI is InChI=1S/C25H23ClN6/c1-32(2)22-10-3-18(4-11-22)5-12-23-24(19-6-8-20(26)9-7-19)25(31-17-30-23)28-14-13-21-15-27-16-29-21/h3-4,6-11,15-17H,13-14H2,1-2H3,(H,27,29)(H,28,30,31). The van der Waals surface area contributed by atoms with E-state index in [0.717, 1.165) is 40.3 Å². The highest BCUT2D eigenvalue weighted by Crippen LogP contribution is 2.29. The average Bonchev–Trinajstić information content (AvgIpc) is 3.32. The van der Waals surface area contributed by atoms with Crippen molar-refractivity contribution in [3.8, 4) is 23.0 Å². The Morgan fingerprint density at radius 2 is 1.78 bits per heavy atom. The number of H-pyrrole nitrogens is 1. The van der Waals surface area contributed by atoms with Crippen molar-refractivity contribution in [2.24, 2.45) is 0 Å². The summed E-state index contributed by atoms with van der Waals surface area (Å²) in [4.78, 5) is 18.2. The number of benzene rings is 2. The van der Waals surface area contributed by atoms with E-state index in [4.69, 9.17) is 11.6 Å². The van der Waals surface area contributed by atoms with Gasteiger partial charge in [-0.25, -0.2) is 15.0 Å². The molecule has 6 nitrogen and oxygen atoms in total. The van der Waals surface area contributed by atoms with Gasteiger partial charge in [-0.05, 0) is 47.9 Å². The second kappa shape index (κ2) is 9.99. The summed E-state index contributed by atoms with van der Waals surface area (Å²) in [7, 11) is 4.03. The van der Waals surface area contributed by atoms with Crippen LogP contribution in [0.5, 0.6) is 0 Å². The molecule has 7 heteroatoms. The van der Waals surface area contributed by atoms with E-state index in [2.05, 4.69) is 42.0 Å². The Bertz CT molecular complexity index is 1220. The van der Waals surface area contributed by atoms with Gasteiger partial charge < -0.3 is 15.2 Å². The minimum Gasteiger partial charge on any atom is -0.378 e. The normalized spacial score (nSPS) is 10.3. The number of nitrogens with one attached hydrogen (secondary N) is 2. The molecule has 0 unspecified atom stereocenters. The minimum atomic E-state index is 0.656. The van der Waals surface area contributed by atoms with Crippen molar-refractivity contribution < 1.29 is 0 Å². The molecule has 4 rings (SSSR count). The summed E-state index contributed by atoms with van der Waals surface area (Å²) >= 11 is 6.11. The first-order valence-electron chi connectivity index (χ1n) is 10.2. The molecule has 2 N–H and O–H groups in total. The van der Waals surface area contributed by atoms with Gasteiger partial charge in [-0.3, -0.25) is 0 Å². The predicted octanol–water partition coefficient (Wildman–Crippen LogP) is 4.64. The zero-order valence-corrected chi connectivity index (χ0v) is 18.7. The molecule has 0 aliphatic carbocycles. The first-order chi connectivity index (χ1) is 15.6. The highest BCUT2D eigenvalue weighted by molar-refractivity contribution is 6.30. The van der Waals surface area contributed by atoms with Gasteiger partial charge >= 0.3 is 0 Å². The lowest BCUT2D eigenvalue weighted by Gasteiger charge is -2.12. The maximum absolute atomic E-state index is 6.11. The van der Waals surface area contributed by atoms with Gasteiger partial charge in [-0.1, -0.05) is 29.7 Å². The third-order valence-electron chi connectivity index (χ3n) is 4.93. The average molecular weight is 443 g/mol. The van der Waals surface area contributed by atoms with Gasteiger partial charge in [0, 0.05) is 55.2 Å². The number of imidazole rings is 1. The lowest BCUT2D eigenvalue weighted by Crippen LogP contribution is -2.09. The van der Waals surface area contributed by atoms with Gasteiger partial charge in [-0.2, -0.15) is 0 Å². The summed E-state index contributed by atoms with van der Waals surface area (Å²) in [5, 5.41) is 4.09. The van der Waals surface area contributed by atoms with Crippen LogP contribution in [0.15, 0.2) is 67.4 Å². The number of hydrogen-bond donors (Lipinski definition) is 2. The van der Waals surface area contributed by atoms with Crippen LogP contribution in [0.1, 0.15) is 17.0 Å². The fourth-order valence-corrected chi connectivity index (χ4v) is 3.34. The summed E-state index contributed by atoms with van der Waals surface area (Å²) in [6, 6.07) is 15.7. The van der Waals surface area contributed by atoms with E-state index in [0.29, 0.717) is 17.3 Å². The van der Waals surface area contributed by atoms with E-state index in [1.165, 1.54) is 6.33 Å². The van der Waals surface area contributed by atoms with Crippen molar-refractivity contribution in [1.82, 2.24) is 19.9 Å². The van der Waals surface area contributed by atoms with E-state index in [-0.39, 0.29) is 0 Å². The molecule has 2 aromatic carbocycles. The molecule has 2 aromatic heterocycles. The van der Waals surface area contributed by atoms with Crippen molar-refractivity contribution in [2.45, 2.75) is 6.42 Å². The Morgan fingerprint density at radius 3 is 2.47 bits per heavy atom. The molecule has 2 heterocycles. The van der Waals surface area contributed by atoms with Gasteiger partial charge in [0.15, 0.2) is 0 Å². The molecular weight excluding hydrogens is 420 g/mol. The van der Waals surface area contributed by atoms with Crippen molar-refractivity contribution in [3.63, 3.8) is 0 Å². The Labute approximate surface area is 192 Å². The number of rotatable bonds is 6. The quantitative estimate of drug-likeness (QED) is 0.426. The van der Waals surface area contributed by atoms with E-state index < -0.39 is 0 Å². The molecule has 0 atom stereocenters. The van der Waals surface area contributed by atoms with Crippen molar-refractivity contribution >= 4 is 23.1 Å². The highest BCUT2D eigenvalue weighted by atomic mass is 35.5. The van der Waals surface area contributed by atoms with E-state index in [1.54, 1.807) is 6.33 Å². The van der Waals surface area contributed by atoms with Crippen LogP contribution in [0, 0.1) is 11.8 Å². The molecule has 0 aliphatic heterocycles. The molecule has 0 fully saturated rings. The smallest absolute Gasteiger partial charge is 0.138 e. The van der Waals surface area contributed by atoms with Crippen LogP contribution in [-0.2, 0) is 6.42 Å². The molecule has 160 valence electrons. The number of nitrogens with zero attached hydrogens (tertiary/aromatic N) is 4. The molecule has 0 amide bonds. The summed E-state index contributed by atoms with van der Waals surface area (Å²) in [5.41, 5.74) is 5.56. The van der Waals surface area contributed by atoms with Gasteiger partial charge in [0.05, 0.1) is 11.9 Å². The second-order valence-electron chi connectivity index (χ2n) is 7.40. The fraction of sp³-hybridized carbons (Fsp3) is 0.160. The SMILES string of the molecule is CN(C)c1ccc(C#Cc2ncnc(NCCc3cnc[nH]3)c2-c2ccc(Cl)cc2)cc1. The fourth-order valence-electron chi connectivity index (χ4n) is 3.22. The molecule has 0 spiro atoms. The lowest BCUT2D eigenvalue weighted by atomic mass is 10.0. The van der Waals surface area contributed by atoms with E-state index in [1.807, 2.05) is 68.8 Å². The van der Waals surface area contributed by atoms with Crippen molar-refractivity contribution in [1.29, 1.82) is 0 Å². The third kappa shape index (κ3) is 5.26. The van der Waals surface area contributed by atoms with Crippen molar-refractivity contribution in [2.75, 3.05) is 30.9 Å². The summed E-state index contributed by atoms with van der Waals surface area (Å²) in [5.74, 6) is 7.19. The Hall–Kier alpha value is -3.82. The van der Waals surface area contributed by atoms with Gasteiger partial charge in [0.1, 0.15) is 17.8 Å². The van der Waals surface area contributed by atoms with Gasteiger partial charge in [-0.15, -0.1) is 0 Å². The molecule has 0 radical (unpaired) electrons. The second-order valence-corrected chi connectivity index (χ2v) is 7.83. The summed E-state index contributed by atoms with van der Waals surface area (Å²) in [6.45, 7) is 0.693. The third-order valence-corrected chi connectivity index (χ3v) is 5.18. The number of halogens is 1. The zero-order valence-electron chi connectivity index (χ0n) is 17.9. The first-order valence-corrected chi connectivity index (χ1v) is 10.6. The van der Waals surface area contributed by atoms with E-state index >= 15 is 0 Å². The van der Waals surface area contributed by atoms with Crippen LogP contribution in [-0.4, -0.2) is 40.6 Å². The molecule has 0 bridgehead atoms. The highest BCUT2D eigenvalue weighted by Gasteiger charge is 2.13. The number of hydrogen-bond acceptors (Lipinski definition) is 5. The minimum absolute atomic E-state index is 0.656. The van der Waals surface area contributed by atoms with Gasteiger partial charge in [0.2, 0.25) is 0 Å². The largest absolute Gasteiger partial charge is 0.378 e. The zero-order chi connectivity index (χ0) is 22.3. The lowest BCUT2D eigenvalue weighted by molar-refractivity contribution is 0.964. The van der Waals surface area contributed by atoms with Crippen LogP contribution in [0.4, 0.5) is 11.5 Å². The van der Waals surface area contributed by atoms with Crippen LogP contribution < -0.4 is 10.2 Å². The maximum atomic E-state index is 6.11. The molecular formula is C25H23ClN6. The Balaban J connectivity index is 1.66. The summed E-state index contributed by atoms with van der Waals surface area (Å²) in [6.07, 6.45) is 5.83. The first kappa shape index (κ1) is 21.4. The predicted molar refractivity (Wildman–Crippen MR) is 130 cm³/mol. The van der Waals surface area contributed by atoms with Crippen LogP contribution in [0.3, 0.4) is 0 Å². The van der Waals surface area contributed by atoms with Crippen molar-refractivity contribution in [3.05, 3.63) is 89.4 Å². The van der Waals surface area contributed by atoms with Gasteiger partial charge in [0.25, 0.3) is 0 Å². The summed E-state index contributed by atoms with van der Waals surface area (Å²) < 4.78 is 0. The Morgan fingerprint density at radius 1 is 1.00 bits per heavy atom. The molecule has 0 aliphatic rings. The number of aromatic nitrogens is 4. The maximum Gasteiger partial charge on any atom is 0.138 e. The van der Waals surface area contributed by atoms with Crippen LogP contribution in [0.25, 0.3) is 11.1 Å². The molecule has 0 saturated heterocycles. The van der Waals surface area contributed by atoms with Crippen LogP contribution in [0.2, 0.25) is 5.02 Å². The monoisotopic (exact) mass is 442 g/mol. The molecule has 0 saturated carbocycles. The molecule has 4 aromatic rings. The van der Waals surface area contributed by atoms with E-state index in [9.17, 15) is 0 Å². The topological polar surface area (TPSA) is 69.7 Å². The number of anilines is 2. The number of aromatic amines is 1. The molecule has 32 heavy (non-hydrogen) atoms. The Kier molecular flexibility index (Phi) is 6.69. The van der Waals surface area contributed by atoms with Crippen LogP contribution >= 0.6 is 11.6 Å².